The Hall–Kier alpha value is -0.0600. The summed E-state index contributed by atoms with van der Waals surface area (Å²) in [4.78, 5) is 0. The van der Waals surface area contributed by atoms with Gasteiger partial charge in [-0.15, -0.1) is 11.6 Å². The third kappa shape index (κ3) is 4.64. The predicted octanol–water partition coefficient (Wildman–Crippen LogP) is 1.94. The summed E-state index contributed by atoms with van der Waals surface area (Å²) in [6, 6.07) is 1.96. The molecule has 1 aromatic rings. The van der Waals surface area contributed by atoms with Gasteiger partial charge in [0.1, 0.15) is 9.84 Å². The molecular weight excluding hydrogens is 228 g/mol. The fourth-order valence-corrected chi connectivity index (χ4v) is 3.37. The van der Waals surface area contributed by atoms with Crippen molar-refractivity contribution in [3.63, 3.8) is 0 Å². The molecule has 74 valence electrons. The zero-order valence-electron chi connectivity index (χ0n) is 7.23. The largest absolute Gasteiger partial charge is 0.229 e. The minimum atomic E-state index is -2.96. The second-order valence-corrected chi connectivity index (χ2v) is 6.61. The molecule has 1 heterocycles. The third-order valence-corrected chi connectivity index (χ3v) is 3.75. The van der Waals surface area contributed by atoms with Crippen molar-refractivity contribution in [1.29, 1.82) is 0 Å². The van der Waals surface area contributed by atoms with Crippen LogP contribution in [0.3, 0.4) is 0 Å². The van der Waals surface area contributed by atoms with E-state index in [0.717, 1.165) is 5.56 Å². The van der Waals surface area contributed by atoms with Crippen LogP contribution >= 0.6 is 22.9 Å². The molecule has 0 saturated heterocycles. The van der Waals surface area contributed by atoms with Gasteiger partial charge in [-0.2, -0.15) is 11.3 Å². The first kappa shape index (κ1) is 11.0. The van der Waals surface area contributed by atoms with Crippen molar-refractivity contribution in [2.24, 2.45) is 0 Å². The van der Waals surface area contributed by atoms with E-state index in [4.69, 9.17) is 11.6 Å². The molecule has 1 atom stereocenters. The highest BCUT2D eigenvalue weighted by Crippen LogP contribution is 2.12. The van der Waals surface area contributed by atoms with Gasteiger partial charge in [0.2, 0.25) is 0 Å². The molecule has 0 amide bonds. The van der Waals surface area contributed by atoms with E-state index < -0.39 is 9.84 Å². The van der Waals surface area contributed by atoms with Crippen LogP contribution in [-0.2, 0) is 16.3 Å². The van der Waals surface area contributed by atoms with Crippen LogP contribution in [0.2, 0.25) is 0 Å². The summed E-state index contributed by atoms with van der Waals surface area (Å²) in [5.74, 6) is 0.0460. The predicted molar refractivity (Wildman–Crippen MR) is 57.4 cm³/mol. The average molecular weight is 239 g/mol. The van der Waals surface area contributed by atoms with Gasteiger partial charge < -0.3 is 0 Å². The van der Waals surface area contributed by atoms with Crippen LogP contribution in [0.15, 0.2) is 16.8 Å². The Bertz CT molecular complexity index is 342. The first-order valence-corrected chi connectivity index (χ1v) is 7.24. The molecule has 0 aliphatic carbocycles. The van der Waals surface area contributed by atoms with Crippen molar-refractivity contribution >= 4 is 32.8 Å². The number of hydrogen-bond acceptors (Lipinski definition) is 3. The molecule has 5 heteroatoms. The summed E-state index contributed by atoms with van der Waals surface area (Å²) in [6.07, 6.45) is 1.83. The van der Waals surface area contributed by atoms with Crippen molar-refractivity contribution in [3.05, 3.63) is 22.4 Å². The third-order valence-electron chi connectivity index (χ3n) is 1.52. The Labute approximate surface area is 87.5 Å². The Morgan fingerprint density at radius 2 is 2.31 bits per heavy atom. The lowest BCUT2D eigenvalue weighted by Gasteiger charge is -2.05. The monoisotopic (exact) mass is 238 g/mol. The molecule has 2 nitrogen and oxygen atoms in total. The molecule has 0 aromatic carbocycles. The maximum Gasteiger partial charge on any atom is 0.148 e. The number of thiophene rings is 1. The van der Waals surface area contributed by atoms with Gasteiger partial charge in [-0.1, -0.05) is 0 Å². The summed E-state index contributed by atoms with van der Waals surface area (Å²) in [6.45, 7) is 0. The van der Waals surface area contributed by atoms with Crippen LogP contribution in [0.25, 0.3) is 0 Å². The summed E-state index contributed by atoms with van der Waals surface area (Å²) in [7, 11) is -2.96. The van der Waals surface area contributed by atoms with Crippen LogP contribution in [-0.4, -0.2) is 25.8 Å². The van der Waals surface area contributed by atoms with E-state index in [1.807, 2.05) is 16.8 Å². The molecule has 0 radical (unpaired) electrons. The second kappa shape index (κ2) is 4.44. The van der Waals surface area contributed by atoms with Gasteiger partial charge in [0.25, 0.3) is 0 Å². The Kier molecular flexibility index (Phi) is 3.76. The quantitative estimate of drug-likeness (QED) is 0.752. The maximum absolute atomic E-state index is 10.9. The fourth-order valence-electron chi connectivity index (χ4n) is 1.05. The van der Waals surface area contributed by atoms with Crippen molar-refractivity contribution in [2.75, 3.05) is 12.0 Å². The molecule has 0 saturated carbocycles. The molecule has 0 fully saturated rings. The lowest BCUT2D eigenvalue weighted by atomic mass is 10.2. The molecule has 0 spiro atoms. The van der Waals surface area contributed by atoms with Gasteiger partial charge in [0.05, 0.1) is 11.1 Å². The van der Waals surface area contributed by atoms with Crippen molar-refractivity contribution in [3.8, 4) is 0 Å². The van der Waals surface area contributed by atoms with Crippen LogP contribution in [0.4, 0.5) is 0 Å². The van der Waals surface area contributed by atoms with Gasteiger partial charge >= 0.3 is 0 Å². The van der Waals surface area contributed by atoms with E-state index in [0.29, 0.717) is 6.42 Å². The summed E-state index contributed by atoms with van der Waals surface area (Å²) in [5, 5.41) is 3.63. The topological polar surface area (TPSA) is 34.1 Å². The SMILES string of the molecule is CS(=O)(=O)CC(Cl)Cc1ccsc1. The standard InChI is InChI=1S/C8H11ClO2S2/c1-13(10,11)6-8(9)4-7-2-3-12-5-7/h2-3,5,8H,4,6H2,1H3. The molecule has 13 heavy (non-hydrogen) atoms. The molecule has 1 aromatic heterocycles. The van der Waals surface area contributed by atoms with Gasteiger partial charge in [0.15, 0.2) is 0 Å². The normalized spacial score (nSPS) is 14.3. The summed E-state index contributed by atoms with van der Waals surface area (Å²) < 4.78 is 21.8. The van der Waals surface area contributed by atoms with E-state index in [2.05, 4.69) is 0 Å². The first-order valence-electron chi connectivity index (χ1n) is 3.80. The molecule has 0 bridgehead atoms. The van der Waals surface area contributed by atoms with Crippen LogP contribution < -0.4 is 0 Å². The van der Waals surface area contributed by atoms with Crippen LogP contribution in [0.1, 0.15) is 5.56 Å². The van der Waals surface area contributed by atoms with E-state index in [1.54, 1.807) is 11.3 Å². The Morgan fingerprint density at radius 3 is 2.77 bits per heavy atom. The minimum absolute atomic E-state index is 0.0460. The number of rotatable bonds is 4. The van der Waals surface area contributed by atoms with E-state index in [-0.39, 0.29) is 11.1 Å². The van der Waals surface area contributed by atoms with Crippen LogP contribution in [0, 0.1) is 0 Å². The van der Waals surface area contributed by atoms with Gasteiger partial charge in [0, 0.05) is 6.26 Å². The Morgan fingerprint density at radius 1 is 1.62 bits per heavy atom. The molecular formula is C8H11ClO2S2. The highest BCUT2D eigenvalue weighted by Gasteiger charge is 2.12. The van der Waals surface area contributed by atoms with Crippen LogP contribution in [0.5, 0.6) is 0 Å². The maximum atomic E-state index is 10.9. The smallest absolute Gasteiger partial charge is 0.148 e. The molecule has 1 unspecified atom stereocenters. The minimum Gasteiger partial charge on any atom is -0.229 e. The lowest BCUT2D eigenvalue weighted by Crippen LogP contribution is -2.16. The highest BCUT2D eigenvalue weighted by atomic mass is 35.5. The average Bonchev–Trinajstić information content (AvgIpc) is 2.34. The molecule has 0 aliphatic heterocycles. The summed E-state index contributed by atoms with van der Waals surface area (Å²) >= 11 is 7.47. The van der Waals surface area contributed by atoms with Gasteiger partial charge in [-0.05, 0) is 28.8 Å². The number of alkyl halides is 1. The van der Waals surface area contributed by atoms with Crippen molar-refractivity contribution < 1.29 is 8.42 Å². The van der Waals surface area contributed by atoms with Crippen molar-refractivity contribution in [1.82, 2.24) is 0 Å². The zero-order chi connectivity index (χ0) is 9.90. The van der Waals surface area contributed by atoms with E-state index in [9.17, 15) is 8.42 Å². The highest BCUT2D eigenvalue weighted by molar-refractivity contribution is 7.90. The van der Waals surface area contributed by atoms with E-state index in [1.165, 1.54) is 6.26 Å². The van der Waals surface area contributed by atoms with E-state index >= 15 is 0 Å². The number of hydrogen-bond donors (Lipinski definition) is 0. The molecule has 0 aliphatic rings. The summed E-state index contributed by atoms with van der Waals surface area (Å²) in [5.41, 5.74) is 1.11. The Balaban J connectivity index is 2.47. The zero-order valence-corrected chi connectivity index (χ0v) is 9.62. The van der Waals surface area contributed by atoms with Gasteiger partial charge in [-0.3, -0.25) is 0 Å². The molecule has 1 rings (SSSR count). The number of halogens is 1. The van der Waals surface area contributed by atoms with Gasteiger partial charge in [-0.25, -0.2) is 8.42 Å². The van der Waals surface area contributed by atoms with Crippen molar-refractivity contribution in [2.45, 2.75) is 11.8 Å². The number of sulfone groups is 1. The first-order chi connectivity index (χ1) is 5.97. The lowest BCUT2D eigenvalue weighted by molar-refractivity contribution is 0.599. The fraction of sp³-hybridized carbons (Fsp3) is 0.500. The molecule has 0 N–H and O–H groups in total. The second-order valence-electron chi connectivity index (χ2n) is 3.03.